The maximum atomic E-state index is 11.1. The summed E-state index contributed by atoms with van der Waals surface area (Å²) in [6.45, 7) is 10.9. The fraction of sp³-hybridized carbons (Fsp3) is 0.529. The van der Waals surface area contributed by atoms with Gasteiger partial charge in [-0.2, -0.15) is 0 Å². The first-order valence-electron chi connectivity index (χ1n) is 7.45. The number of carbonyl (C=O) groups excluding carboxylic acids is 2. The largest absolute Gasteiger partial charge is 0.460 e. The molecule has 0 radical (unpaired) electrons. The first kappa shape index (κ1) is 20.1. The number of esters is 2. The SMILES string of the molecule is C=CCCCCCCOC(COC(=O)C=C)COC(=O)C=C. The van der Waals surface area contributed by atoms with Crippen LogP contribution in [0.3, 0.4) is 0 Å². The van der Waals surface area contributed by atoms with Crippen molar-refractivity contribution in [1.82, 2.24) is 0 Å². The van der Waals surface area contributed by atoms with Gasteiger partial charge >= 0.3 is 11.9 Å². The van der Waals surface area contributed by atoms with Crippen LogP contribution in [0, 0.1) is 0 Å². The summed E-state index contributed by atoms with van der Waals surface area (Å²) in [4.78, 5) is 22.1. The van der Waals surface area contributed by atoms with Crippen molar-refractivity contribution in [3.05, 3.63) is 38.0 Å². The van der Waals surface area contributed by atoms with Crippen LogP contribution in [0.15, 0.2) is 38.0 Å². The van der Waals surface area contributed by atoms with Gasteiger partial charge in [-0.05, 0) is 19.3 Å². The Morgan fingerprint density at radius 2 is 1.41 bits per heavy atom. The third-order valence-electron chi connectivity index (χ3n) is 2.81. The Hall–Kier alpha value is -1.88. The van der Waals surface area contributed by atoms with E-state index in [0.717, 1.165) is 44.3 Å². The van der Waals surface area contributed by atoms with Gasteiger partial charge in [0, 0.05) is 18.8 Å². The Balaban J connectivity index is 3.96. The van der Waals surface area contributed by atoms with Gasteiger partial charge in [0.25, 0.3) is 0 Å². The van der Waals surface area contributed by atoms with Gasteiger partial charge < -0.3 is 14.2 Å². The number of allylic oxidation sites excluding steroid dienone is 1. The molecule has 22 heavy (non-hydrogen) atoms. The van der Waals surface area contributed by atoms with E-state index in [-0.39, 0.29) is 13.2 Å². The molecule has 0 N–H and O–H groups in total. The molecule has 0 bridgehead atoms. The third kappa shape index (κ3) is 11.9. The Morgan fingerprint density at radius 1 is 0.864 bits per heavy atom. The number of rotatable bonds is 14. The lowest BCUT2D eigenvalue weighted by Gasteiger charge is -2.17. The second kappa shape index (κ2) is 14.1. The van der Waals surface area contributed by atoms with Crippen molar-refractivity contribution in [1.29, 1.82) is 0 Å². The van der Waals surface area contributed by atoms with E-state index in [1.807, 2.05) is 6.08 Å². The molecular weight excluding hydrogens is 284 g/mol. The zero-order valence-corrected chi connectivity index (χ0v) is 13.1. The monoisotopic (exact) mass is 310 g/mol. The van der Waals surface area contributed by atoms with Crippen LogP contribution in [0.25, 0.3) is 0 Å². The predicted molar refractivity (Wildman–Crippen MR) is 85.3 cm³/mol. The average molecular weight is 310 g/mol. The normalized spacial score (nSPS) is 10.0. The quantitative estimate of drug-likeness (QED) is 0.214. The minimum absolute atomic E-state index is 0.0196. The van der Waals surface area contributed by atoms with Crippen molar-refractivity contribution in [3.8, 4) is 0 Å². The van der Waals surface area contributed by atoms with Gasteiger partial charge in [0.15, 0.2) is 0 Å². The molecule has 0 aliphatic carbocycles. The van der Waals surface area contributed by atoms with Gasteiger partial charge in [-0.25, -0.2) is 9.59 Å². The molecule has 0 saturated heterocycles. The highest BCUT2D eigenvalue weighted by Gasteiger charge is 2.13. The van der Waals surface area contributed by atoms with Crippen LogP contribution >= 0.6 is 0 Å². The first-order chi connectivity index (χ1) is 10.6. The zero-order chi connectivity index (χ0) is 16.6. The van der Waals surface area contributed by atoms with Crippen molar-refractivity contribution in [2.75, 3.05) is 19.8 Å². The molecule has 0 rings (SSSR count). The molecule has 0 unspecified atom stereocenters. The average Bonchev–Trinajstić information content (AvgIpc) is 2.54. The highest BCUT2D eigenvalue weighted by atomic mass is 16.6. The summed E-state index contributed by atoms with van der Waals surface area (Å²) in [5.41, 5.74) is 0. The van der Waals surface area contributed by atoms with E-state index in [0.29, 0.717) is 6.61 Å². The third-order valence-corrected chi connectivity index (χ3v) is 2.81. The number of carbonyl (C=O) groups is 2. The number of hydrogen-bond acceptors (Lipinski definition) is 5. The highest BCUT2D eigenvalue weighted by molar-refractivity contribution is 5.81. The smallest absolute Gasteiger partial charge is 0.330 e. The van der Waals surface area contributed by atoms with E-state index >= 15 is 0 Å². The van der Waals surface area contributed by atoms with Crippen LogP contribution in [0.5, 0.6) is 0 Å². The molecule has 0 spiro atoms. The summed E-state index contributed by atoms with van der Waals surface area (Å²) < 4.78 is 15.4. The zero-order valence-electron chi connectivity index (χ0n) is 13.1. The summed E-state index contributed by atoms with van der Waals surface area (Å²) in [6.07, 6.45) is 8.81. The van der Waals surface area contributed by atoms with Gasteiger partial charge in [0.2, 0.25) is 0 Å². The second-order valence-corrected chi connectivity index (χ2v) is 4.65. The fourth-order valence-corrected chi connectivity index (χ4v) is 1.61. The van der Waals surface area contributed by atoms with E-state index in [2.05, 4.69) is 19.7 Å². The number of unbranched alkanes of at least 4 members (excludes halogenated alkanes) is 4. The molecular formula is C17H26O5. The molecule has 0 aromatic carbocycles. The van der Waals surface area contributed by atoms with E-state index in [9.17, 15) is 9.59 Å². The van der Waals surface area contributed by atoms with E-state index in [4.69, 9.17) is 14.2 Å². The van der Waals surface area contributed by atoms with Crippen LogP contribution in [-0.2, 0) is 23.8 Å². The fourth-order valence-electron chi connectivity index (χ4n) is 1.61. The van der Waals surface area contributed by atoms with Crippen LogP contribution in [-0.4, -0.2) is 37.9 Å². The summed E-state index contributed by atoms with van der Waals surface area (Å²) in [5, 5.41) is 0. The van der Waals surface area contributed by atoms with Crippen LogP contribution < -0.4 is 0 Å². The second-order valence-electron chi connectivity index (χ2n) is 4.65. The van der Waals surface area contributed by atoms with E-state index in [1.54, 1.807) is 0 Å². The molecule has 0 amide bonds. The van der Waals surface area contributed by atoms with E-state index < -0.39 is 18.0 Å². The van der Waals surface area contributed by atoms with Crippen LogP contribution in [0.4, 0.5) is 0 Å². The molecule has 0 aromatic rings. The topological polar surface area (TPSA) is 61.8 Å². The summed E-state index contributed by atoms with van der Waals surface area (Å²) in [5.74, 6) is -1.07. The highest BCUT2D eigenvalue weighted by Crippen LogP contribution is 2.05. The molecule has 0 aromatic heterocycles. The molecule has 0 aliphatic heterocycles. The number of hydrogen-bond donors (Lipinski definition) is 0. The van der Waals surface area contributed by atoms with Gasteiger partial charge in [-0.3, -0.25) is 0 Å². The van der Waals surface area contributed by atoms with Gasteiger partial charge in [0.1, 0.15) is 19.3 Å². The predicted octanol–water partition coefficient (Wildman–Crippen LogP) is 2.97. The summed E-state index contributed by atoms with van der Waals surface area (Å²) in [6, 6.07) is 0. The Labute approximate surface area is 132 Å². The minimum atomic E-state index is -0.534. The van der Waals surface area contributed by atoms with E-state index in [1.165, 1.54) is 0 Å². The molecule has 0 heterocycles. The van der Waals surface area contributed by atoms with Crippen LogP contribution in [0.1, 0.15) is 32.1 Å². The molecule has 0 aliphatic rings. The van der Waals surface area contributed by atoms with Crippen molar-refractivity contribution in [2.24, 2.45) is 0 Å². The van der Waals surface area contributed by atoms with Crippen LogP contribution in [0.2, 0.25) is 0 Å². The maximum Gasteiger partial charge on any atom is 0.330 e. The minimum Gasteiger partial charge on any atom is -0.460 e. The first-order valence-corrected chi connectivity index (χ1v) is 7.45. The Morgan fingerprint density at radius 3 is 1.91 bits per heavy atom. The van der Waals surface area contributed by atoms with Crippen molar-refractivity contribution >= 4 is 11.9 Å². The van der Waals surface area contributed by atoms with Gasteiger partial charge in [-0.15, -0.1) is 6.58 Å². The Kier molecular flexibility index (Phi) is 12.9. The van der Waals surface area contributed by atoms with Gasteiger partial charge in [-0.1, -0.05) is 32.1 Å². The molecule has 0 saturated carbocycles. The Bertz CT molecular complexity index is 338. The summed E-state index contributed by atoms with van der Waals surface area (Å²) >= 11 is 0. The maximum absolute atomic E-state index is 11.1. The lowest BCUT2D eigenvalue weighted by atomic mass is 10.1. The molecule has 5 heteroatoms. The lowest BCUT2D eigenvalue weighted by Crippen LogP contribution is -2.28. The van der Waals surface area contributed by atoms with Gasteiger partial charge in [0.05, 0.1) is 0 Å². The van der Waals surface area contributed by atoms with Crippen molar-refractivity contribution < 1.29 is 23.8 Å². The molecule has 0 atom stereocenters. The lowest BCUT2D eigenvalue weighted by molar-refractivity contribution is -0.149. The standard InChI is InChI=1S/C17H26O5/c1-4-7-8-9-10-11-12-20-15(13-21-16(18)5-2)14-22-17(19)6-3/h4-6,15H,1-3,7-14H2. The van der Waals surface area contributed by atoms with Crippen molar-refractivity contribution in [2.45, 2.75) is 38.2 Å². The van der Waals surface area contributed by atoms with Crippen molar-refractivity contribution in [3.63, 3.8) is 0 Å². The molecule has 124 valence electrons. The molecule has 5 nitrogen and oxygen atoms in total. The summed E-state index contributed by atoms with van der Waals surface area (Å²) in [7, 11) is 0. The number of ether oxygens (including phenoxy) is 3. The molecule has 0 fully saturated rings.